The van der Waals surface area contributed by atoms with Gasteiger partial charge in [0.15, 0.2) is 0 Å². The zero-order chi connectivity index (χ0) is 8.43. The zero-order valence-electron chi connectivity index (χ0n) is 6.96. The Labute approximate surface area is 66.9 Å². The number of hydrogen-bond acceptors (Lipinski definition) is 3. The Balaban J connectivity index is 2.94. The highest BCUT2D eigenvalue weighted by molar-refractivity contribution is 5.37. The molecule has 0 amide bonds. The molecule has 0 saturated carbocycles. The van der Waals surface area contributed by atoms with Gasteiger partial charge in [-0.05, 0) is 20.4 Å². The lowest BCUT2D eigenvalue weighted by atomic mass is 10.0. The molecule has 1 rings (SSSR count). The minimum atomic E-state index is 0.382. The van der Waals surface area contributed by atoms with E-state index in [1.807, 2.05) is 0 Å². The van der Waals surface area contributed by atoms with E-state index in [-0.39, 0.29) is 0 Å². The second kappa shape index (κ2) is 2.86. The minimum Gasteiger partial charge on any atom is -0.365 e. The highest BCUT2D eigenvalue weighted by Gasteiger charge is 2.26. The second-order valence-corrected chi connectivity index (χ2v) is 2.77. The molecule has 0 aromatic rings. The number of rotatable bonds is 2. The first-order valence-electron chi connectivity index (χ1n) is 3.65. The summed E-state index contributed by atoms with van der Waals surface area (Å²) in [5.41, 5.74) is 0.924. The van der Waals surface area contributed by atoms with Crippen molar-refractivity contribution in [3.05, 3.63) is 11.5 Å². The molecule has 0 radical (unpaired) electrons. The van der Waals surface area contributed by atoms with Crippen LogP contribution in [0.2, 0.25) is 0 Å². The van der Waals surface area contributed by atoms with Crippen molar-refractivity contribution in [3.63, 3.8) is 0 Å². The average molecular weight is 151 g/mol. The van der Waals surface area contributed by atoms with Crippen LogP contribution >= 0.6 is 0 Å². The molecule has 0 spiro atoms. The smallest absolute Gasteiger partial charge is 0.147 e. The summed E-state index contributed by atoms with van der Waals surface area (Å²) in [6.45, 7) is 11.1. The first kappa shape index (κ1) is 7.98. The molecule has 1 N–H and O–H groups in total. The van der Waals surface area contributed by atoms with Gasteiger partial charge in [0.05, 0.1) is 5.70 Å². The van der Waals surface area contributed by atoms with Crippen LogP contribution in [0.25, 0.3) is 0 Å². The summed E-state index contributed by atoms with van der Waals surface area (Å²) in [7, 11) is 0. The topological polar surface area (TPSA) is 36.8 Å². The summed E-state index contributed by atoms with van der Waals surface area (Å²) < 4.78 is 0. The van der Waals surface area contributed by atoms with E-state index in [0.717, 1.165) is 11.5 Å². The molecule has 3 heteroatoms. The summed E-state index contributed by atoms with van der Waals surface area (Å²) in [4.78, 5) is 7.73. The molecule has 0 fully saturated rings. The fourth-order valence-electron chi connectivity index (χ4n) is 1.21. The Hall–Kier alpha value is -1.12. The molecular formula is C8H13N3. The molecule has 0 aliphatic carbocycles. The molecular weight excluding hydrogens is 138 g/mol. The van der Waals surface area contributed by atoms with Crippen molar-refractivity contribution >= 4 is 13.4 Å². The molecule has 60 valence electrons. The van der Waals surface area contributed by atoms with Crippen molar-refractivity contribution < 1.29 is 0 Å². The number of nitrogens with one attached hydrogen (secondary N) is 1. The van der Waals surface area contributed by atoms with E-state index in [4.69, 9.17) is 0 Å². The van der Waals surface area contributed by atoms with Crippen molar-refractivity contribution in [2.45, 2.75) is 19.9 Å². The van der Waals surface area contributed by atoms with Gasteiger partial charge in [0.1, 0.15) is 5.82 Å². The molecule has 0 aromatic carbocycles. The van der Waals surface area contributed by atoms with E-state index in [1.165, 1.54) is 0 Å². The maximum absolute atomic E-state index is 3.90. The van der Waals surface area contributed by atoms with E-state index in [9.17, 15) is 0 Å². The molecule has 11 heavy (non-hydrogen) atoms. The van der Waals surface area contributed by atoms with Gasteiger partial charge in [0.25, 0.3) is 0 Å². The minimum absolute atomic E-state index is 0.382. The Kier molecular flexibility index (Phi) is 2.08. The van der Waals surface area contributed by atoms with Crippen LogP contribution in [-0.4, -0.2) is 19.5 Å². The predicted molar refractivity (Wildman–Crippen MR) is 47.9 cm³/mol. The van der Waals surface area contributed by atoms with E-state index in [2.05, 4.69) is 42.6 Å². The van der Waals surface area contributed by atoms with Gasteiger partial charge in [-0.1, -0.05) is 6.92 Å². The number of aliphatic imine (C=N–C) groups is 2. The molecule has 2 atom stereocenters. The monoisotopic (exact) mass is 151 g/mol. The third-order valence-corrected chi connectivity index (χ3v) is 2.12. The third kappa shape index (κ3) is 1.18. The molecule has 3 nitrogen and oxygen atoms in total. The van der Waals surface area contributed by atoms with Crippen LogP contribution in [0.3, 0.4) is 0 Å². The summed E-state index contributed by atoms with van der Waals surface area (Å²) in [5, 5.41) is 3.17. The van der Waals surface area contributed by atoms with Gasteiger partial charge in [-0.3, -0.25) is 4.99 Å². The summed E-state index contributed by atoms with van der Waals surface area (Å²) in [5.74, 6) is 1.16. The van der Waals surface area contributed by atoms with Crippen molar-refractivity contribution in [1.29, 1.82) is 0 Å². The lowest BCUT2D eigenvalue weighted by Gasteiger charge is -2.09. The fraction of sp³-hybridized carbons (Fsp3) is 0.500. The van der Waals surface area contributed by atoms with E-state index in [0.29, 0.717) is 12.0 Å². The molecule has 1 aliphatic rings. The van der Waals surface area contributed by atoms with Crippen LogP contribution in [0.1, 0.15) is 13.8 Å². The Morgan fingerprint density at radius 3 is 2.27 bits per heavy atom. The molecule has 1 aliphatic heterocycles. The molecule has 0 saturated heterocycles. The molecule has 0 bridgehead atoms. The van der Waals surface area contributed by atoms with Gasteiger partial charge in [-0.2, -0.15) is 0 Å². The van der Waals surface area contributed by atoms with Gasteiger partial charge >= 0.3 is 0 Å². The van der Waals surface area contributed by atoms with E-state index >= 15 is 0 Å². The second-order valence-electron chi connectivity index (χ2n) is 2.77. The highest BCUT2D eigenvalue weighted by Crippen LogP contribution is 2.25. The maximum atomic E-state index is 3.90. The molecule has 1 unspecified atom stereocenters. The molecule has 0 aromatic heterocycles. The van der Waals surface area contributed by atoms with Gasteiger partial charge in [0.2, 0.25) is 0 Å². The van der Waals surface area contributed by atoms with Crippen LogP contribution < -0.4 is 5.32 Å². The number of hydrogen-bond donors (Lipinski definition) is 1. The first-order valence-corrected chi connectivity index (χ1v) is 3.65. The molecule has 1 heterocycles. The van der Waals surface area contributed by atoms with E-state index < -0.39 is 0 Å². The summed E-state index contributed by atoms with van der Waals surface area (Å²) in [6.07, 6.45) is 0. The third-order valence-electron chi connectivity index (χ3n) is 2.12. The van der Waals surface area contributed by atoms with Crippen LogP contribution in [0, 0.1) is 5.92 Å². The van der Waals surface area contributed by atoms with Crippen LogP contribution in [0.15, 0.2) is 21.5 Å². The normalized spacial score (nSPS) is 30.0. The van der Waals surface area contributed by atoms with Crippen LogP contribution in [-0.2, 0) is 0 Å². The lowest BCUT2D eigenvalue weighted by molar-refractivity contribution is 0.533. The average Bonchev–Trinajstić information content (AvgIpc) is 2.28. The highest BCUT2D eigenvalue weighted by atomic mass is 15.1. The van der Waals surface area contributed by atoms with Crippen molar-refractivity contribution in [1.82, 2.24) is 5.32 Å². The Morgan fingerprint density at radius 1 is 1.27 bits per heavy atom. The van der Waals surface area contributed by atoms with Crippen LogP contribution in [0.4, 0.5) is 0 Å². The van der Waals surface area contributed by atoms with Gasteiger partial charge < -0.3 is 5.32 Å². The van der Waals surface area contributed by atoms with Gasteiger partial charge in [0, 0.05) is 12.0 Å². The largest absolute Gasteiger partial charge is 0.365 e. The van der Waals surface area contributed by atoms with Crippen molar-refractivity contribution in [2.75, 3.05) is 0 Å². The first-order chi connectivity index (χ1) is 5.20. The zero-order valence-corrected chi connectivity index (χ0v) is 6.96. The van der Waals surface area contributed by atoms with Crippen LogP contribution in [0.5, 0.6) is 0 Å². The number of nitrogens with zero attached hydrogens (tertiary/aromatic N) is 2. The lowest BCUT2D eigenvalue weighted by Crippen LogP contribution is -2.22. The quantitative estimate of drug-likeness (QED) is 0.591. The Morgan fingerprint density at radius 2 is 1.91 bits per heavy atom. The standard InChI is InChI=1S/C8H13N3/c1-5-6(2)11-8(10-4)7(5)9-3/h5-6,11H,3-4H2,1-2H3/t5?,6-/m0/s1. The fourth-order valence-corrected chi connectivity index (χ4v) is 1.21. The Bertz CT molecular complexity index is 217. The maximum Gasteiger partial charge on any atom is 0.147 e. The van der Waals surface area contributed by atoms with Crippen molar-refractivity contribution in [3.8, 4) is 0 Å². The predicted octanol–water partition coefficient (Wildman–Crippen LogP) is 1.18. The van der Waals surface area contributed by atoms with Gasteiger partial charge in [-0.15, -0.1) is 0 Å². The van der Waals surface area contributed by atoms with Crippen molar-refractivity contribution in [2.24, 2.45) is 15.9 Å². The SMILES string of the molecule is C=NC1=C(N=C)C(C)[C@H](C)N1. The van der Waals surface area contributed by atoms with Gasteiger partial charge in [-0.25, -0.2) is 4.99 Å². The van der Waals surface area contributed by atoms with E-state index in [1.54, 1.807) is 0 Å². The summed E-state index contributed by atoms with van der Waals surface area (Å²) >= 11 is 0. The summed E-state index contributed by atoms with van der Waals surface area (Å²) in [6, 6.07) is 0.385.